The Morgan fingerprint density at radius 1 is 1.30 bits per heavy atom. The van der Waals surface area contributed by atoms with E-state index in [1.54, 1.807) is 7.11 Å². The first kappa shape index (κ1) is 17.4. The Bertz CT molecular complexity index is 682. The van der Waals surface area contributed by atoms with E-state index in [-0.39, 0.29) is 5.91 Å². The van der Waals surface area contributed by atoms with Crippen molar-refractivity contribution in [2.24, 2.45) is 0 Å². The Kier molecular flexibility index (Phi) is 6.12. The topological polar surface area (TPSA) is 60.5 Å². The molecule has 124 valence electrons. The molecule has 1 amide bonds. The first-order valence-electron chi connectivity index (χ1n) is 7.44. The minimum atomic E-state index is -0.116. The maximum absolute atomic E-state index is 12.1. The number of hydrogen-bond donors (Lipinski definition) is 1. The zero-order valence-corrected chi connectivity index (χ0v) is 14.8. The highest BCUT2D eigenvalue weighted by Crippen LogP contribution is 2.23. The van der Waals surface area contributed by atoms with Gasteiger partial charge in [-0.1, -0.05) is 12.1 Å². The molecule has 2 aromatic rings. The van der Waals surface area contributed by atoms with Gasteiger partial charge in [-0.05, 0) is 38.0 Å². The molecule has 0 radical (unpaired) electrons. The van der Waals surface area contributed by atoms with Gasteiger partial charge in [-0.25, -0.2) is 4.98 Å². The highest BCUT2D eigenvalue weighted by molar-refractivity contribution is 7.13. The molecule has 0 bridgehead atoms. The number of carbonyl (C=O) groups excluding carboxylic acids is 1. The number of amides is 1. The van der Waals surface area contributed by atoms with Crippen molar-refractivity contribution in [1.82, 2.24) is 10.3 Å². The molecule has 5 nitrogen and oxygen atoms in total. The fourth-order valence-corrected chi connectivity index (χ4v) is 2.97. The van der Waals surface area contributed by atoms with Crippen LogP contribution >= 0.6 is 11.3 Å². The largest absolute Gasteiger partial charge is 0.486 e. The van der Waals surface area contributed by atoms with E-state index < -0.39 is 0 Å². The van der Waals surface area contributed by atoms with Crippen LogP contribution in [-0.2, 0) is 11.3 Å². The van der Waals surface area contributed by atoms with Crippen molar-refractivity contribution in [3.8, 4) is 5.75 Å². The molecule has 0 aliphatic carbocycles. The van der Waals surface area contributed by atoms with Crippen LogP contribution in [0.1, 0.15) is 31.5 Å². The van der Waals surface area contributed by atoms with Gasteiger partial charge in [0.25, 0.3) is 5.91 Å². The van der Waals surface area contributed by atoms with Gasteiger partial charge in [0.15, 0.2) is 0 Å². The molecular formula is C17H22N2O3S. The summed E-state index contributed by atoms with van der Waals surface area (Å²) in [6, 6.07) is 6.10. The molecule has 1 N–H and O–H groups in total. The number of nitrogens with one attached hydrogen (secondary N) is 1. The van der Waals surface area contributed by atoms with Gasteiger partial charge in [0.1, 0.15) is 22.2 Å². The van der Waals surface area contributed by atoms with Crippen molar-refractivity contribution in [2.45, 2.75) is 27.4 Å². The summed E-state index contributed by atoms with van der Waals surface area (Å²) < 4.78 is 10.8. The van der Waals surface area contributed by atoms with Crippen LogP contribution in [0.4, 0.5) is 0 Å². The maximum atomic E-state index is 12.1. The number of hydrogen-bond acceptors (Lipinski definition) is 5. The molecule has 0 saturated carbocycles. The number of thiazole rings is 1. The van der Waals surface area contributed by atoms with Gasteiger partial charge in [-0.15, -0.1) is 11.3 Å². The van der Waals surface area contributed by atoms with Gasteiger partial charge in [-0.3, -0.25) is 4.79 Å². The molecule has 0 unspecified atom stereocenters. The second-order valence-corrected chi connectivity index (χ2v) is 6.41. The molecule has 23 heavy (non-hydrogen) atoms. The molecule has 1 aromatic carbocycles. The summed E-state index contributed by atoms with van der Waals surface area (Å²) in [7, 11) is 1.60. The predicted octanol–water partition coefficient (Wildman–Crippen LogP) is 3.02. The Hall–Kier alpha value is -1.92. The van der Waals surface area contributed by atoms with Crippen molar-refractivity contribution in [3.63, 3.8) is 0 Å². The lowest BCUT2D eigenvalue weighted by molar-refractivity contribution is 0.0940. The van der Waals surface area contributed by atoms with Gasteiger partial charge < -0.3 is 14.8 Å². The standard InChI is InChI=1S/C17H22N2O3S/c1-11-5-6-12(2)14(9-11)22-10-15-19-13(3)16(23-15)17(20)18-7-8-21-4/h5-6,9H,7-8,10H2,1-4H3,(H,18,20). The number of ether oxygens (including phenoxy) is 2. The van der Waals surface area contributed by atoms with Crippen LogP contribution in [0.15, 0.2) is 18.2 Å². The SMILES string of the molecule is COCCNC(=O)c1sc(COc2cc(C)ccc2C)nc1C. The lowest BCUT2D eigenvalue weighted by atomic mass is 10.1. The summed E-state index contributed by atoms with van der Waals surface area (Å²) in [5.74, 6) is 0.735. The van der Waals surface area contributed by atoms with E-state index in [1.165, 1.54) is 11.3 Å². The highest BCUT2D eigenvalue weighted by Gasteiger charge is 2.15. The predicted molar refractivity (Wildman–Crippen MR) is 91.3 cm³/mol. The van der Waals surface area contributed by atoms with Gasteiger partial charge in [0.05, 0.1) is 12.3 Å². The summed E-state index contributed by atoms with van der Waals surface area (Å²) in [6.45, 7) is 7.22. The number of nitrogens with zero attached hydrogens (tertiary/aromatic N) is 1. The van der Waals surface area contributed by atoms with Gasteiger partial charge in [0.2, 0.25) is 0 Å². The molecule has 0 atom stereocenters. The van der Waals surface area contributed by atoms with Crippen molar-refractivity contribution in [1.29, 1.82) is 0 Å². The lowest BCUT2D eigenvalue weighted by Gasteiger charge is -2.08. The summed E-state index contributed by atoms with van der Waals surface area (Å²) in [4.78, 5) is 17.1. The molecule has 1 heterocycles. The number of aromatic nitrogens is 1. The fraction of sp³-hybridized carbons (Fsp3) is 0.412. The van der Waals surface area contributed by atoms with E-state index in [9.17, 15) is 4.79 Å². The first-order chi connectivity index (χ1) is 11.0. The van der Waals surface area contributed by atoms with Crippen molar-refractivity contribution in [2.75, 3.05) is 20.3 Å². The van der Waals surface area contributed by atoms with E-state index in [1.807, 2.05) is 32.9 Å². The third kappa shape index (κ3) is 4.77. The molecule has 0 saturated heterocycles. The summed E-state index contributed by atoms with van der Waals surface area (Å²) >= 11 is 1.37. The minimum Gasteiger partial charge on any atom is -0.486 e. The molecular weight excluding hydrogens is 312 g/mol. The van der Waals surface area contributed by atoms with Crippen LogP contribution in [0.25, 0.3) is 0 Å². The monoisotopic (exact) mass is 334 g/mol. The minimum absolute atomic E-state index is 0.116. The first-order valence-corrected chi connectivity index (χ1v) is 8.26. The molecule has 0 spiro atoms. The Morgan fingerprint density at radius 2 is 2.09 bits per heavy atom. The average molecular weight is 334 g/mol. The van der Waals surface area contributed by atoms with Gasteiger partial charge in [0, 0.05) is 13.7 Å². The van der Waals surface area contributed by atoms with Crippen LogP contribution in [0.5, 0.6) is 5.75 Å². The fourth-order valence-electron chi connectivity index (χ4n) is 2.07. The highest BCUT2D eigenvalue weighted by atomic mass is 32.1. The van der Waals surface area contributed by atoms with Crippen molar-refractivity contribution < 1.29 is 14.3 Å². The van der Waals surface area contributed by atoms with Crippen LogP contribution < -0.4 is 10.1 Å². The number of aryl methyl sites for hydroxylation is 3. The van der Waals surface area contributed by atoms with Crippen molar-refractivity contribution in [3.05, 3.63) is 44.9 Å². The van der Waals surface area contributed by atoms with E-state index in [2.05, 4.69) is 16.4 Å². The molecule has 2 rings (SSSR count). The average Bonchev–Trinajstić information content (AvgIpc) is 2.89. The second-order valence-electron chi connectivity index (χ2n) is 5.33. The Morgan fingerprint density at radius 3 is 2.83 bits per heavy atom. The van der Waals surface area contributed by atoms with Gasteiger partial charge >= 0.3 is 0 Å². The second kappa shape index (κ2) is 8.08. The van der Waals surface area contributed by atoms with Crippen molar-refractivity contribution >= 4 is 17.2 Å². The van der Waals surface area contributed by atoms with Crippen LogP contribution in [0.2, 0.25) is 0 Å². The summed E-state index contributed by atoms with van der Waals surface area (Å²) in [6.07, 6.45) is 0. The molecule has 6 heteroatoms. The maximum Gasteiger partial charge on any atom is 0.263 e. The van der Waals surface area contributed by atoms with E-state index in [4.69, 9.17) is 9.47 Å². The van der Waals surface area contributed by atoms with Crippen LogP contribution in [-0.4, -0.2) is 31.2 Å². The molecule has 0 aliphatic heterocycles. The quantitative estimate of drug-likeness (QED) is 0.791. The zero-order chi connectivity index (χ0) is 16.8. The van der Waals surface area contributed by atoms with Crippen LogP contribution in [0, 0.1) is 20.8 Å². The van der Waals surface area contributed by atoms with E-state index >= 15 is 0 Å². The van der Waals surface area contributed by atoms with Crippen LogP contribution in [0.3, 0.4) is 0 Å². The Labute approximate surface area is 140 Å². The molecule has 1 aromatic heterocycles. The number of carbonyl (C=O) groups is 1. The molecule has 0 aliphatic rings. The number of methoxy groups -OCH3 is 1. The summed E-state index contributed by atoms with van der Waals surface area (Å²) in [5.41, 5.74) is 2.96. The normalized spacial score (nSPS) is 10.6. The smallest absolute Gasteiger partial charge is 0.263 e. The van der Waals surface area contributed by atoms with E-state index in [0.717, 1.165) is 27.6 Å². The molecule has 0 fully saturated rings. The number of benzene rings is 1. The third-order valence-corrected chi connectivity index (χ3v) is 4.46. The zero-order valence-electron chi connectivity index (χ0n) is 13.9. The Balaban J connectivity index is 2.00. The third-order valence-electron chi connectivity index (χ3n) is 3.33. The number of rotatable bonds is 7. The van der Waals surface area contributed by atoms with E-state index in [0.29, 0.717) is 24.6 Å². The summed E-state index contributed by atoms with van der Waals surface area (Å²) in [5, 5.41) is 3.60. The lowest BCUT2D eigenvalue weighted by Crippen LogP contribution is -2.26. The van der Waals surface area contributed by atoms with Gasteiger partial charge in [-0.2, -0.15) is 0 Å².